The van der Waals surface area contributed by atoms with Gasteiger partial charge in [-0.2, -0.15) is 23.0 Å². The minimum Gasteiger partial charge on any atom is -0.409 e. The summed E-state index contributed by atoms with van der Waals surface area (Å²) in [6.07, 6.45) is -1.63. The molecule has 2 heterocycles. The first kappa shape index (κ1) is 13.3. The summed E-state index contributed by atoms with van der Waals surface area (Å²) in [7, 11) is 0. The molecule has 0 atom stereocenters. The van der Waals surface area contributed by atoms with Crippen molar-refractivity contribution in [1.82, 2.24) is 19.7 Å². The number of hydrogen-bond acceptors (Lipinski definition) is 5. The first-order valence-electron chi connectivity index (χ1n) is 4.73. The molecule has 0 radical (unpaired) electrons. The highest BCUT2D eigenvalue weighted by atomic mass is 35.5. The van der Waals surface area contributed by atoms with E-state index >= 15 is 0 Å². The molecular weight excluding hydrogens is 287 g/mol. The summed E-state index contributed by atoms with van der Waals surface area (Å²) in [5.74, 6) is -0.240. The first-order chi connectivity index (χ1) is 8.93. The number of aromatic nitrogens is 4. The summed E-state index contributed by atoms with van der Waals surface area (Å²) < 4.78 is 38.4. The lowest BCUT2D eigenvalue weighted by molar-refractivity contribution is -0.137. The second-order valence-electron chi connectivity index (χ2n) is 3.32. The van der Waals surface area contributed by atoms with Crippen molar-refractivity contribution in [2.24, 2.45) is 5.16 Å². The summed E-state index contributed by atoms with van der Waals surface area (Å²) in [5, 5.41) is 15.1. The molecule has 0 spiro atoms. The largest absolute Gasteiger partial charge is 0.417 e. The van der Waals surface area contributed by atoms with Gasteiger partial charge in [-0.3, -0.25) is 4.98 Å². The Morgan fingerprint density at radius 2 is 2.16 bits per heavy atom. The molecule has 2 aromatic rings. The number of halogens is 4. The summed E-state index contributed by atoms with van der Waals surface area (Å²) in [5.41, 5.74) is -1.15. The Morgan fingerprint density at radius 1 is 1.42 bits per heavy atom. The highest BCUT2D eigenvalue weighted by molar-refractivity contribution is 6.33. The fraction of sp³-hybridized carbons (Fsp3) is 0.111. The number of alkyl halides is 3. The van der Waals surface area contributed by atoms with Crippen molar-refractivity contribution >= 4 is 17.4 Å². The van der Waals surface area contributed by atoms with E-state index in [2.05, 4.69) is 20.2 Å². The van der Waals surface area contributed by atoms with Crippen LogP contribution in [0, 0.1) is 0 Å². The van der Waals surface area contributed by atoms with Crippen LogP contribution >= 0.6 is 11.6 Å². The van der Waals surface area contributed by atoms with Crippen LogP contribution in [0.2, 0.25) is 5.02 Å². The molecule has 2 rings (SSSR count). The molecule has 6 nitrogen and oxygen atoms in total. The zero-order valence-corrected chi connectivity index (χ0v) is 9.76. The van der Waals surface area contributed by atoms with Crippen LogP contribution in [-0.2, 0) is 6.18 Å². The Balaban J connectivity index is 2.47. The van der Waals surface area contributed by atoms with Gasteiger partial charge in [0.1, 0.15) is 18.3 Å². The van der Waals surface area contributed by atoms with Gasteiger partial charge < -0.3 is 5.21 Å². The monoisotopic (exact) mass is 291 g/mol. The maximum Gasteiger partial charge on any atom is 0.417 e. The molecule has 0 aromatic carbocycles. The van der Waals surface area contributed by atoms with Crippen molar-refractivity contribution in [2.45, 2.75) is 6.18 Å². The Labute approximate surface area is 109 Å². The fourth-order valence-electron chi connectivity index (χ4n) is 1.28. The number of nitrogens with zero attached hydrogens (tertiary/aromatic N) is 5. The van der Waals surface area contributed by atoms with Crippen molar-refractivity contribution in [3.05, 3.63) is 41.2 Å². The molecule has 0 aliphatic heterocycles. The standard InChI is InChI=1S/C9H5ClF3N5O/c10-6-1-5(9(11,12)13)2-15-7(6)8(17-19)18-4-14-3-16-18/h1-4,19H/b17-8+. The Kier molecular flexibility index (Phi) is 3.38. The average molecular weight is 292 g/mol. The smallest absolute Gasteiger partial charge is 0.409 e. The van der Waals surface area contributed by atoms with Gasteiger partial charge in [-0.25, -0.2) is 4.98 Å². The molecule has 0 aliphatic carbocycles. The van der Waals surface area contributed by atoms with Crippen LogP contribution in [0.15, 0.2) is 30.1 Å². The van der Waals surface area contributed by atoms with Crippen LogP contribution in [0.25, 0.3) is 0 Å². The maximum atomic E-state index is 12.5. The molecular formula is C9H5ClF3N5O. The zero-order valence-electron chi connectivity index (χ0n) is 9.00. The average Bonchev–Trinajstić information content (AvgIpc) is 2.84. The van der Waals surface area contributed by atoms with Crippen LogP contribution in [0.1, 0.15) is 11.3 Å². The van der Waals surface area contributed by atoms with Crippen LogP contribution in [0.4, 0.5) is 13.2 Å². The molecule has 2 aromatic heterocycles. The molecule has 0 saturated carbocycles. The van der Waals surface area contributed by atoms with Gasteiger partial charge in [0.15, 0.2) is 0 Å². The highest BCUT2D eigenvalue weighted by Crippen LogP contribution is 2.31. The van der Waals surface area contributed by atoms with Crippen LogP contribution in [0.3, 0.4) is 0 Å². The quantitative estimate of drug-likeness (QED) is 0.377. The Bertz CT molecular complexity index is 611. The van der Waals surface area contributed by atoms with E-state index in [1.807, 2.05) is 0 Å². The molecule has 10 heteroatoms. The van der Waals surface area contributed by atoms with E-state index in [9.17, 15) is 13.2 Å². The van der Waals surface area contributed by atoms with E-state index in [1.54, 1.807) is 0 Å². The predicted octanol–water partition coefficient (Wildman–Crippen LogP) is 2.03. The van der Waals surface area contributed by atoms with Gasteiger partial charge in [0, 0.05) is 6.20 Å². The molecule has 0 unspecified atom stereocenters. The fourth-order valence-corrected chi connectivity index (χ4v) is 1.53. The third-order valence-corrected chi connectivity index (χ3v) is 2.40. The second kappa shape index (κ2) is 4.84. The van der Waals surface area contributed by atoms with Gasteiger partial charge in [-0.15, -0.1) is 0 Å². The minimum absolute atomic E-state index is 0.150. The summed E-state index contributed by atoms with van der Waals surface area (Å²) in [6, 6.07) is 0.687. The van der Waals surface area contributed by atoms with E-state index in [0.717, 1.165) is 11.0 Å². The number of rotatable bonds is 1. The molecule has 0 saturated heterocycles. The summed E-state index contributed by atoms with van der Waals surface area (Å²) >= 11 is 5.71. The van der Waals surface area contributed by atoms with Gasteiger partial charge in [0.05, 0.1) is 10.6 Å². The van der Waals surface area contributed by atoms with Crippen LogP contribution in [-0.4, -0.2) is 30.8 Å². The normalized spacial score (nSPS) is 12.7. The van der Waals surface area contributed by atoms with Gasteiger partial charge in [-0.1, -0.05) is 16.8 Å². The van der Waals surface area contributed by atoms with E-state index in [0.29, 0.717) is 12.3 Å². The Hall–Kier alpha value is -2.16. The molecule has 0 amide bonds. The minimum atomic E-state index is -4.56. The molecule has 0 aliphatic rings. The number of hydrogen-bond donors (Lipinski definition) is 1. The maximum absolute atomic E-state index is 12.5. The zero-order chi connectivity index (χ0) is 14.0. The van der Waals surface area contributed by atoms with Gasteiger partial charge in [0.25, 0.3) is 0 Å². The third-order valence-electron chi connectivity index (χ3n) is 2.11. The third kappa shape index (κ3) is 2.65. The van der Waals surface area contributed by atoms with Crippen LogP contribution in [0.5, 0.6) is 0 Å². The van der Waals surface area contributed by atoms with Crippen molar-refractivity contribution in [1.29, 1.82) is 0 Å². The molecule has 100 valence electrons. The molecule has 0 bridgehead atoms. The number of oxime groups is 1. The van der Waals surface area contributed by atoms with E-state index < -0.39 is 11.7 Å². The number of pyridine rings is 1. The second-order valence-corrected chi connectivity index (χ2v) is 3.72. The topological polar surface area (TPSA) is 76.2 Å². The van der Waals surface area contributed by atoms with E-state index in [1.165, 1.54) is 6.33 Å². The lowest BCUT2D eigenvalue weighted by atomic mass is 10.2. The molecule has 0 fully saturated rings. The van der Waals surface area contributed by atoms with Crippen LogP contribution < -0.4 is 0 Å². The lowest BCUT2D eigenvalue weighted by Gasteiger charge is -2.09. The summed E-state index contributed by atoms with van der Waals surface area (Å²) in [4.78, 5) is 7.15. The first-order valence-corrected chi connectivity index (χ1v) is 5.11. The van der Waals surface area contributed by atoms with Crippen molar-refractivity contribution < 1.29 is 18.4 Å². The molecule has 19 heavy (non-hydrogen) atoms. The van der Waals surface area contributed by atoms with Gasteiger partial charge in [-0.05, 0) is 6.07 Å². The van der Waals surface area contributed by atoms with Crippen molar-refractivity contribution in [3.63, 3.8) is 0 Å². The highest BCUT2D eigenvalue weighted by Gasteiger charge is 2.32. The van der Waals surface area contributed by atoms with E-state index in [4.69, 9.17) is 16.8 Å². The predicted molar refractivity (Wildman–Crippen MR) is 58.0 cm³/mol. The van der Waals surface area contributed by atoms with Gasteiger partial charge >= 0.3 is 6.18 Å². The SMILES string of the molecule is O/N=C(\c1ncc(C(F)(F)F)cc1Cl)n1cncn1. The lowest BCUT2D eigenvalue weighted by Crippen LogP contribution is -2.17. The van der Waals surface area contributed by atoms with Gasteiger partial charge in [0.2, 0.25) is 5.84 Å². The van der Waals surface area contributed by atoms with Crippen molar-refractivity contribution in [3.8, 4) is 0 Å². The Morgan fingerprint density at radius 3 is 2.63 bits per heavy atom. The van der Waals surface area contributed by atoms with Crippen molar-refractivity contribution in [2.75, 3.05) is 0 Å². The molecule has 1 N–H and O–H groups in total. The summed E-state index contributed by atoms with van der Waals surface area (Å²) in [6.45, 7) is 0. The van der Waals surface area contributed by atoms with E-state index in [-0.39, 0.29) is 16.6 Å².